The van der Waals surface area contributed by atoms with Crippen LogP contribution in [-0.2, 0) is 19.1 Å². The van der Waals surface area contributed by atoms with Crippen molar-refractivity contribution in [3.8, 4) is 0 Å². The van der Waals surface area contributed by atoms with Crippen LogP contribution in [0.3, 0.4) is 0 Å². The predicted molar refractivity (Wildman–Crippen MR) is 98.8 cm³/mol. The largest absolute Gasteiger partial charge is 0.448 e. The lowest BCUT2D eigenvalue weighted by Gasteiger charge is -2.15. The van der Waals surface area contributed by atoms with Crippen LogP contribution < -0.4 is 10.6 Å². The third-order valence-corrected chi connectivity index (χ3v) is 3.51. The van der Waals surface area contributed by atoms with Crippen LogP contribution in [0.25, 0.3) is 6.08 Å². The summed E-state index contributed by atoms with van der Waals surface area (Å²) in [5.74, 6) is -4.34. The number of amides is 2. The van der Waals surface area contributed by atoms with E-state index in [1.807, 2.05) is 5.32 Å². The fourth-order valence-corrected chi connectivity index (χ4v) is 2.17. The standard InChI is InChI=1S/C20H18F2N2O4/c1-12(19(26)24-18-15(21)9-6-10-16(18)22)28-20(27)17(23-13(2)25)11-14-7-4-3-5-8-14/h3-12H,1-2H3,(H,23,25)(H,24,26)/b17-11-. The average molecular weight is 388 g/mol. The van der Waals surface area contributed by atoms with Gasteiger partial charge in [0.1, 0.15) is 23.0 Å². The van der Waals surface area contributed by atoms with E-state index in [2.05, 4.69) is 5.32 Å². The number of anilines is 1. The van der Waals surface area contributed by atoms with E-state index in [1.165, 1.54) is 19.9 Å². The second-order valence-electron chi connectivity index (χ2n) is 5.78. The Morgan fingerprint density at radius 1 is 1.00 bits per heavy atom. The summed E-state index contributed by atoms with van der Waals surface area (Å²) in [6.45, 7) is 2.45. The van der Waals surface area contributed by atoms with Gasteiger partial charge in [-0.05, 0) is 30.7 Å². The Bertz CT molecular complexity index is 893. The highest BCUT2D eigenvalue weighted by molar-refractivity contribution is 6.00. The van der Waals surface area contributed by atoms with Gasteiger partial charge in [-0.2, -0.15) is 0 Å². The van der Waals surface area contributed by atoms with Crippen molar-refractivity contribution in [2.45, 2.75) is 20.0 Å². The Kier molecular flexibility index (Phi) is 6.97. The molecule has 146 valence electrons. The van der Waals surface area contributed by atoms with Gasteiger partial charge in [-0.3, -0.25) is 9.59 Å². The summed E-state index contributed by atoms with van der Waals surface area (Å²) in [6, 6.07) is 11.8. The maximum atomic E-state index is 13.6. The lowest BCUT2D eigenvalue weighted by molar-refractivity contribution is -0.149. The third kappa shape index (κ3) is 5.73. The fraction of sp³-hybridized carbons (Fsp3) is 0.150. The van der Waals surface area contributed by atoms with Crippen LogP contribution in [0.2, 0.25) is 0 Å². The summed E-state index contributed by atoms with van der Waals surface area (Å²) in [6.07, 6.45) is 0.00433. The number of esters is 1. The number of halogens is 2. The second kappa shape index (κ2) is 9.40. The zero-order chi connectivity index (χ0) is 20.7. The Balaban J connectivity index is 2.12. The van der Waals surface area contributed by atoms with Crippen molar-refractivity contribution in [2.24, 2.45) is 0 Å². The Morgan fingerprint density at radius 2 is 1.61 bits per heavy atom. The van der Waals surface area contributed by atoms with Gasteiger partial charge in [0.15, 0.2) is 6.10 Å². The van der Waals surface area contributed by atoms with Gasteiger partial charge in [-0.25, -0.2) is 13.6 Å². The quantitative estimate of drug-likeness (QED) is 0.589. The first-order chi connectivity index (χ1) is 13.3. The molecule has 0 aliphatic heterocycles. The van der Waals surface area contributed by atoms with E-state index in [1.54, 1.807) is 30.3 Å². The molecule has 0 aliphatic rings. The first kappa shape index (κ1) is 20.8. The van der Waals surface area contributed by atoms with Crippen LogP contribution in [0.5, 0.6) is 0 Å². The Morgan fingerprint density at radius 3 is 2.18 bits per heavy atom. The van der Waals surface area contributed by atoms with E-state index in [4.69, 9.17) is 4.74 Å². The van der Waals surface area contributed by atoms with Crippen molar-refractivity contribution < 1.29 is 27.9 Å². The van der Waals surface area contributed by atoms with Gasteiger partial charge in [0.25, 0.3) is 5.91 Å². The number of rotatable bonds is 6. The number of carbonyl (C=O) groups is 3. The molecular formula is C20H18F2N2O4. The van der Waals surface area contributed by atoms with Gasteiger partial charge in [-0.15, -0.1) is 0 Å². The maximum Gasteiger partial charge on any atom is 0.355 e. The van der Waals surface area contributed by atoms with Crippen LogP contribution in [0.1, 0.15) is 19.4 Å². The number of hydrogen-bond donors (Lipinski definition) is 2. The van der Waals surface area contributed by atoms with Crippen molar-refractivity contribution in [1.82, 2.24) is 5.32 Å². The molecule has 0 saturated carbocycles. The van der Waals surface area contributed by atoms with Crippen LogP contribution in [-0.4, -0.2) is 23.9 Å². The first-order valence-corrected chi connectivity index (χ1v) is 8.28. The van der Waals surface area contributed by atoms with E-state index in [-0.39, 0.29) is 5.70 Å². The average Bonchev–Trinajstić information content (AvgIpc) is 2.64. The van der Waals surface area contributed by atoms with Gasteiger partial charge in [0.05, 0.1) is 0 Å². The molecule has 6 nitrogen and oxygen atoms in total. The summed E-state index contributed by atoms with van der Waals surface area (Å²) < 4.78 is 32.3. The highest BCUT2D eigenvalue weighted by Gasteiger charge is 2.23. The summed E-state index contributed by atoms with van der Waals surface area (Å²) in [5, 5.41) is 4.38. The number of nitrogens with one attached hydrogen (secondary N) is 2. The molecule has 2 N–H and O–H groups in total. The van der Waals surface area contributed by atoms with E-state index in [9.17, 15) is 23.2 Å². The van der Waals surface area contributed by atoms with Crippen molar-refractivity contribution in [3.63, 3.8) is 0 Å². The molecule has 0 saturated heterocycles. The smallest absolute Gasteiger partial charge is 0.355 e. The van der Waals surface area contributed by atoms with E-state index < -0.39 is 41.2 Å². The molecule has 28 heavy (non-hydrogen) atoms. The number of carbonyl (C=O) groups excluding carboxylic acids is 3. The Hall–Kier alpha value is -3.55. The molecule has 8 heteroatoms. The van der Waals surface area contributed by atoms with Crippen LogP contribution in [0.15, 0.2) is 54.2 Å². The molecule has 2 aromatic carbocycles. The monoisotopic (exact) mass is 388 g/mol. The minimum atomic E-state index is -1.38. The van der Waals surface area contributed by atoms with Crippen molar-refractivity contribution in [1.29, 1.82) is 0 Å². The SMILES string of the molecule is CC(=O)N/C(=C\c1ccccc1)C(=O)OC(C)C(=O)Nc1c(F)cccc1F. The molecule has 0 aromatic heterocycles. The van der Waals surface area contributed by atoms with Crippen molar-refractivity contribution in [2.75, 3.05) is 5.32 Å². The summed E-state index contributed by atoms with van der Waals surface area (Å²) in [7, 11) is 0. The lowest BCUT2D eigenvalue weighted by Crippen LogP contribution is -2.34. The molecule has 0 bridgehead atoms. The van der Waals surface area contributed by atoms with E-state index >= 15 is 0 Å². The third-order valence-electron chi connectivity index (χ3n) is 3.51. The lowest BCUT2D eigenvalue weighted by atomic mass is 10.2. The normalized spacial score (nSPS) is 12.1. The number of ether oxygens (including phenoxy) is 1. The number of hydrogen-bond acceptors (Lipinski definition) is 4. The highest BCUT2D eigenvalue weighted by Crippen LogP contribution is 2.18. The molecule has 0 fully saturated rings. The molecule has 0 spiro atoms. The van der Waals surface area contributed by atoms with Crippen molar-refractivity contribution in [3.05, 3.63) is 71.4 Å². The molecular weight excluding hydrogens is 370 g/mol. The molecule has 0 heterocycles. The molecule has 1 atom stereocenters. The zero-order valence-corrected chi connectivity index (χ0v) is 15.2. The molecule has 0 radical (unpaired) electrons. The van der Waals surface area contributed by atoms with E-state index in [0.717, 1.165) is 18.2 Å². The molecule has 2 rings (SSSR count). The van der Waals surface area contributed by atoms with Gasteiger partial charge in [-0.1, -0.05) is 36.4 Å². The van der Waals surface area contributed by atoms with Crippen molar-refractivity contribution >= 4 is 29.5 Å². The minimum absolute atomic E-state index is 0.185. The molecule has 2 aromatic rings. The van der Waals surface area contributed by atoms with Crippen LogP contribution in [0.4, 0.5) is 14.5 Å². The molecule has 1 unspecified atom stereocenters. The summed E-state index contributed by atoms with van der Waals surface area (Å²) in [5.41, 5.74) is -0.207. The number of benzene rings is 2. The van der Waals surface area contributed by atoms with Crippen LogP contribution in [0, 0.1) is 11.6 Å². The Labute approximate surface area is 160 Å². The van der Waals surface area contributed by atoms with Crippen LogP contribution >= 0.6 is 0 Å². The first-order valence-electron chi connectivity index (χ1n) is 8.28. The topological polar surface area (TPSA) is 84.5 Å². The zero-order valence-electron chi connectivity index (χ0n) is 15.2. The summed E-state index contributed by atoms with van der Waals surface area (Å²) >= 11 is 0. The molecule has 2 amide bonds. The predicted octanol–water partition coefficient (Wildman–Crippen LogP) is 3.01. The minimum Gasteiger partial charge on any atom is -0.448 e. The van der Waals surface area contributed by atoms with E-state index in [0.29, 0.717) is 5.56 Å². The highest BCUT2D eigenvalue weighted by atomic mass is 19.1. The van der Waals surface area contributed by atoms with Gasteiger partial charge in [0, 0.05) is 6.92 Å². The number of para-hydroxylation sites is 1. The second-order valence-corrected chi connectivity index (χ2v) is 5.78. The van der Waals surface area contributed by atoms with Gasteiger partial charge >= 0.3 is 5.97 Å². The fourth-order valence-electron chi connectivity index (χ4n) is 2.17. The van der Waals surface area contributed by atoms with Gasteiger partial charge < -0.3 is 15.4 Å². The maximum absolute atomic E-state index is 13.6. The summed E-state index contributed by atoms with van der Waals surface area (Å²) in [4.78, 5) is 35.8. The molecule has 0 aliphatic carbocycles. The van der Waals surface area contributed by atoms with Gasteiger partial charge in [0.2, 0.25) is 5.91 Å².